The number of carbonyl (C=O) groups excluding carboxylic acids is 1. The number of rotatable bonds is 12. The first-order valence-electron chi connectivity index (χ1n) is 11.8. The molecule has 5 atom stereocenters. The zero-order chi connectivity index (χ0) is 23.8. The van der Waals surface area contributed by atoms with Crippen LogP contribution in [0.1, 0.15) is 56.9 Å². The predicted octanol–water partition coefficient (Wildman–Crippen LogP) is 2.58. The van der Waals surface area contributed by atoms with Crippen molar-refractivity contribution in [3.8, 4) is 0 Å². The summed E-state index contributed by atoms with van der Waals surface area (Å²) in [6, 6.07) is 7.91. The van der Waals surface area contributed by atoms with Crippen LogP contribution in [-0.2, 0) is 20.7 Å². The minimum atomic E-state index is -1.41. The van der Waals surface area contributed by atoms with Crippen molar-refractivity contribution in [1.82, 2.24) is 10.2 Å². The Balaban J connectivity index is 1.75. The zero-order valence-electron chi connectivity index (χ0n) is 18.9. The molecule has 1 aliphatic carbocycles. The van der Waals surface area contributed by atoms with Gasteiger partial charge in [0.15, 0.2) is 6.23 Å². The molecular weight excluding hydrogens is 426 g/mol. The number of aliphatic carboxylic acids is 1. The first-order valence-corrected chi connectivity index (χ1v) is 11.8. The molecule has 2 fully saturated rings. The highest BCUT2D eigenvalue weighted by Crippen LogP contribution is 2.42. The molecule has 5 N–H and O–H groups in total. The Kier molecular flexibility index (Phi) is 9.08. The topological polar surface area (TPSA) is 142 Å². The number of amides is 1. The number of hydrogen-bond donors (Lipinski definition) is 4. The van der Waals surface area contributed by atoms with Crippen LogP contribution in [0.4, 0.5) is 4.79 Å². The number of benzene rings is 1. The van der Waals surface area contributed by atoms with Crippen LogP contribution in [0.2, 0.25) is 0 Å². The van der Waals surface area contributed by atoms with Crippen LogP contribution >= 0.6 is 0 Å². The molecule has 9 nitrogen and oxygen atoms in total. The van der Waals surface area contributed by atoms with E-state index in [1.807, 2.05) is 30.3 Å². The summed E-state index contributed by atoms with van der Waals surface area (Å²) >= 11 is 0. The molecule has 1 saturated carbocycles. The highest BCUT2D eigenvalue weighted by Gasteiger charge is 2.49. The SMILES string of the molecule is NCCCC[C@H](NC(CCc1ccccc1)C(=O)O)C(=O)N1[C@@H](OC(=O)O)C[C@@H]2CCC[C@@H]21. The number of carbonyl (C=O) groups is 3. The maximum Gasteiger partial charge on any atom is 0.507 e. The normalized spacial score (nSPS) is 23.7. The van der Waals surface area contributed by atoms with Gasteiger partial charge in [0, 0.05) is 12.5 Å². The van der Waals surface area contributed by atoms with Crippen molar-refractivity contribution in [2.75, 3.05) is 6.54 Å². The van der Waals surface area contributed by atoms with Crippen molar-refractivity contribution in [1.29, 1.82) is 0 Å². The second kappa shape index (κ2) is 12.0. The summed E-state index contributed by atoms with van der Waals surface area (Å²) in [7, 11) is 0. The number of aryl methyl sites for hydroxylation is 1. The van der Waals surface area contributed by atoms with Crippen molar-refractivity contribution in [3.63, 3.8) is 0 Å². The molecule has 0 spiro atoms. The van der Waals surface area contributed by atoms with Crippen LogP contribution in [-0.4, -0.2) is 64.0 Å². The number of fused-ring (bicyclic) bond motifs is 1. The van der Waals surface area contributed by atoms with Gasteiger partial charge in [-0.15, -0.1) is 0 Å². The first-order chi connectivity index (χ1) is 15.9. The van der Waals surface area contributed by atoms with Gasteiger partial charge in [-0.2, -0.15) is 0 Å². The fourth-order valence-electron chi connectivity index (χ4n) is 5.20. The number of carboxylic acids is 1. The zero-order valence-corrected chi connectivity index (χ0v) is 18.9. The van der Waals surface area contributed by atoms with E-state index in [9.17, 15) is 24.6 Å². The predicted molar refractivity (Wildman–Crippen MR) is 122 cm³/mol. The summed E-state index contributed by atoms with van der Waals surface area (Å²) < 4.78 is 5.07. The highest BCUT2D eigenvalue weighted by molar-refractivity contribution is 5.84. The lowest BCUT2D eigenvalue weighted by Gasteiger charge is -2.33. The minimum absolute atomic E-state index is 0.0618. The van der Waals surface area contributed by atoms with Crippen molar-refractivity contribution < 1.29 is 29.3 Å². The van der Waals surface area contributed by atoms with Crippen molar-refractivity contribution in [2.45, 2.75) is 82.1 Å². The van der Waals surface area contributed by atoms with Crippen molar-refractivity contribution >= 4 is 18.0 Å². The maximum absolute atomic E-state index is 13.7. The van der Waals surface area contributed by atoms with Crippen molar-refractivity contribution in [2.24, 2.45) is 11.7 Å². The Morgan fingerprint density at radius 2 is 1.85 bits per heavy atom. The Bertz CT molecular complexity index is 805. The smallest absolute Gasteiger partial charge is 0.480 e. The third kappa shape index (κ3) is 6.68. The van der Waals surface area contributed by atoms with Gasteiger partial charge >= 0.3 is 12.1 Å². The van der Waals surface area contributed by atoms with E-state index in [-0.39, 0.29) is 17.9 Å². The van der Waals surface area contributed by atoms with Gasteiger partial charge in [0.25, 0.3) is 0 Å². The molecule has 1 aromatic carbocycles. The van der Waals surface area contributed by atoms with E-state index in [0.29, 0.717) is 45.1 Å². The van der Waals surface area contributed by atoms with Crippen LogP contribution in [0, 0.1) is 5.92 Å². The third-order valence-corrected chi connectivity index (χ3v) is 6.79. The van der Waals surface area contributed by atoms with E-state index in [4.69, 9.17) is 10.5 Å². The summed E-state index contributed by atoms with van der Waals surface area (Å²) in [4.78, 5) is 38.5. The number of carboxylic acid groups (broad SMARTS) is 2. The average molecular weight is 462 g/mol. The molecule has 0 bridgehead atoms. The fraction of sp³-hybridized carbons (Fsp3) is 0.625. The van der Waals surface area contributed by atoms with E-state index in [1.165, 1.54) is 0 Å². The summed E-state index contributed by atoms with van der Waals surface area (Å²) in [5.41, 5.74) is 6.65. The minimum Gasteiger partial charge on any atom is -0.480 e. The average Bonchev–Trinajstić information content (AvgIpc) is 3.36. The number of hydrogen-bond acceptors (Lipinski definition) is 6. The van der Waals surface area contributed by atoms with Crippen LogP contribution in [0.15, 0.2) is 30.3 Å². The highest BCUT2D eigenvalue weighted by atomic mass is 16.7. The molecule has 1 unspecified atom stereocenters. The summed E-state index contributed by atoms with van der Waals surface area (Å²) in [5, 5.41) is 22.1. The number of unbranched alkanes of at least 4 members (excludes halogenated alkanes) is 1. The summed E-state index contributed by atoms with van der Waals surface area (Å²) in [6.07, 6.45) is 3.70. The van der Waals surface area contributed by atoms with Crippen LogP contribution in [0.25, 0.3) is 0 Å². The second-order valence-corrected chi connectivity index (χ2v) is 9.00. The van der Waals surface area contributed by atoms with Gasteiger partial charge in [-0.1, -0.05) is 43.2 Å². The molecule has 3 rings (SSSR count). The number of nitrogens with zero attached hydrogens (tertiary/aromatic N) is 1. The molecule has 1 amide bonds. The van der Waals surface area contributed by atoms with E-state index in [0.717, 1.165) is 24.8 Å². The number of ether oxygens (including phenoxy) is 1. The second-order valence-electron chi connectivity index (χ2n) is 9.00. The van der Waals surface area contributed by atoms with Gasteiger partial charge in [0.05, 0.1) is 6.04 Å². The number of nitrogens with one attached hydrogen (secondary N) is 1. The molecule has 1 heterocycles. The monoisotopic (exact) mass is 461 g/mol. The molecule has 0 radical (unpaired) electrons. The van der Waals surface area contributed by atoms with Crippen LogP contribution in [0.3, 0.4) is 0 Å². The van der Waals surface area contributed by atoms with E-state index >= 15 is 0 Å². The molecular formula is C24H35N3O6. The molecule has 1 aromatic rings. The molecule has 182 valence electrons. The quantitative estimate of drug-likeness (QED) is 0.275. The summed E-state index contributed by atoms with van der Waals surface area (Å²) in [6.45, 7) is 0.483. The van der Waals surface area contributed by atoms with Crippen LogP contribution in [0.5, 0.6) is 0 Å². The Morgan fingerprint density at radius 3 is 2.52 bits per heavy atom. The van der Waals surface area contributed by atoms with Gasteiger partial charge in [0.2, 0.25) is 5.91 Å². The van der Waals surface area contributed by atoms with Gasteiger partial charge in [-0.05, 0) is 56.6 Å². The van der Waals surface area contributed by atoms with Gasteiger partial charge in [0.1, 0.15) is 6.04 Å². The maximum atomic E-state index is 13.7. The Hall–Kier alpha value is -2.65. The molecule has 0 aromatic heterocycles. The molecule has 9 heteroatoms. The van der Waals surface area contributed by atoms with E-state index in [1.54, 1.807) is 4.90 Å². The largest absolute Gasteiger partial charge is 0.507 e. The first kappa shape index (κ1) is 25.0. The van der Waals surface area contributed by atoms with E-state index in [2.05, 4.69) is 5.32 Å². The van der Waals surface area contributed by atoms with Gasteiger partial charge < -0.3 is 25.6 Å². The van der Waals surface area contributed by atoms with Gasteiger partial charge in [-0.3, -0.25) is 14.9 Å². The standard InChI is InChI=1S/C24H35N3O6/c25-14-5-4-10-18(26-19(23(29)30)13-12-16-7-2-1-3-8-16)22(28)27-20-11-6-9-17(20)15-21(27)33-24(31)32/h1-3,7-8,17-21,26H,4-6,9-15,25H2,(H,29,30)(H,31,32)/t17-,18-,19?,20-,21-/m0/s1. The molecule has 1 aliphatic heterocycles. The summed E-state index contributed by atoms with van der Waals surface area (Å²) in [5.74, 6) is -1.07. The number of likely N-dealkylation sites (tertiary alicyclic amines) is 1. The molecule has 2 aliphatic rings. The lowest BCUT2D eigenvalue weighted by molar-refractivity contribution is -0.146. The molecule has 33 heavy (non-hydrogen) atoms. The lowest BCUT2D eigenvalue weighted by Crippen LogP contribution is -2.55. The Morgan fingerprint density at radius 1 is 1.09 bits per heavy atom. The van der Waals surface area contributed by atoms with Crippen molar-refractivity contribution in [3.05, 3.63) is 35.9 Å². The van der Waals surface area contributed by atoms with E-state index < -0.39 is 30.4 Å². The fourth-order valence-corrected chi connectivity index (χ4v) is 5.20. The number of nitrogens with two attached hydrogens (primary N) is 1. The lowest BCUT2D eigenvalue weighted by atomic mass is 10.0. The van der Waals surface area contributed by atoms with Gasteiger partial charge in [-0.25, -0.2) is 4.79 Å². The third-order valence-electron chi connectivity index (χ3n) is 6.79. The molecule has 1 saturated heterocycles. The van der Waals surface area contributed by atoms with Crippen LogP contribution < -0.4 is 11.1 Å². The Labute approximate surface area is 194 Å².